The van der Waals surface area contributed by atoms with Gasteiger partial charge in [-0.25, -0.2) is 4.79 Å². The Morgan fingerprint density at radius 1 is 1.50 bits per heavy atom. The van der Waals surface area contributed by atoms with Crippen LogP contribution in [0.3, 0.4) is 0 Å². The number of carbonyl (C=O) groups is 2. The second kappa shape index (κ2) is 4.70. The van der Waals surface area contributed by atoms with E-state index in [0.29, 0.717) is 5.89 Å². The zero-order chi connectivity index (χ0) is 13.1. The van der Waals surface area contributed by atoms with Crippen LogP contribution in [0.15, 0.2) is 22.7 Å². The van der Waals surface area contributed by atoms with Crippen LogP contribution >= 0.6 is 0 Å². The minimum Gasteiger partial charge on any atom is -0.477 e. The molecular weight excluding hydrogens is 240 g/mol. The average Bonchev–Trinajstić information content (AvgIpc) is 2.87. The van der Waals surface area contributed by atoms with Crippen LogP contribution < -0.4 is 5.32 Å². The van der Waals surface area contributed by atoms with E-state index in [1.54, 1.807) is 13.0 Å². The standard InChI is InChI=1S/C10H10N4O4/c1-6-12-13-10(18-6)11-8(15)5-14-4-2-3-7(14)9(16)17/h2-4H,5H2,1H3,(H,16,17)(H,11,13,15). The number of nitrogens with zero attached hydrogens (tertiary/aromatic N) is 3. The van der Waals surface area contributed by atoms with Crippen LogP contribution in [-0.2, 0) is 11.3 Å². The summed E-state index contributed by atoms with van der Waals surface area (Å²) < 4.78 is 6.28. The van der Waals surface area contributed by atoms with E-state index in [1.807, 2.05) is 0 Å². The lowest BCUT2D eigenvalue weighted by Crippen LogP contribution is -2.21. The van der Waals surface area contributed by atoms with Crippen LogP contribution in [0.25, 0.3) is 0 Å². The number of aryl methyl sites for hydroxylation is 1. The Bertz CT molecular complexity index is 586. The van der Waals surface area contributed by atoms with Gasteiger partial charge in [-0.3, -0.25) is 10.1 Å². The van der Waals surface area contributed by atoms with Crippen molar-refractivity contribution in [1.29, 1.82) is 0 Å². The van der Waals surface area contributed by atoms with Gasteiger partial charge in [0.15, 0.2) is 0 Å². The Hall–Kier alpha value is -2.64. The number of carboxylic acids is 1. The number of rotatable bonds is 4. The van der Waals surface area contributed by atoms with Crippen LogP contribution in [0.2, 0.25) is 0 Å². The second-order valence-electron chi connectivity index (χ2n) is 3.50. The predicted molar refractivity (Wildman–Crippen MR) is 59.1 cm³/mol. The predicted octanol–water partition coefficient (Wildman–Crippen LogP) is 0.516. The molecule has 2 aromatic rings. The number of anilines is 1. The van der Waals surface area contributed by atoms with Crippen LogP contribution in [0.4, 0.5) is 6.01 Å². The SMILES string of the molecule is Cc1nnc(NC(=O)Cn2cccc2C(=O)O)o1. The molecule has 2 N–H and O–H groups in total. The van der Waals surface area contributed by atoms with Crippen molar-refractivity contribution in [3.8, 4) is 0 Å². The van der Waals surface area contributed by atoms with Crippen molar-refractivity contribution in [3.05, 3.63) is 29.9 Å². The van der Waals surface area contributed by atoms with Gasteiger partial charge in [0.1, 0.15) is 12.2 Å². The molecule has 0 aliphatic carbocycles. The van der Waals surface area contributed by atoms with E-state index < -0.39 is 11.9 Å². The molecular formula is C10H10N4O4. The smallest absolute Gasteiger partial charge is 0.352 e. The summed E-state index contributed by atoms with van der Waals surface area (Å²) in [6.45, 7) is 1.45. The summed E-state index contributed by atoms with van der Waals surface area (Å²) in [5, 5.41) is 18.4. The molecule has 0 saturated carbocycles. The first kappa shape index (κ1) is 11.8. The third-order valence-electron chi connectivity index (χ3n) is 2.13. The average molecular weight is 250 g/mol. The van der Waals surface area contributed by atoms with Gasteiger partial charge in [-0.05, 0) is 12.1 Å². The molecule has 2 aromatic heterocycles. The Balaban J connectivity index is 2.03. The monoisotopic (exact) mass is 250 g/mol. The second-order valence-corrected chi connectivity index (χ2v) is 3.50. The molecule has 0 aliphatic rings. The van der Waals surface area contributed by atoms with Crippen molar-refractivity contribution >= 4 is 17.9 Å². The first-order chi connectivity index (χ1) is 8.56. The summed E-state index contributed by atoms with van der Waals surface area (Å²) in [6.07, 6.45) is 1.50. The van der Waals surface area contributed by atoms with Gasteiger partial charge in [0.25, 0.3) is 0 Å². The number of nitrogens with one attached hydrogen (secondary N) is 1. The molecule has 0 aromatic carbocycles. The van der Waals surface area contributed by atoms with E-state index >= 15 is 0 Å². The first-order valence-electron chi connectivity index (χ1n) is 5.04. The maximum atomic E-state index is 11.6. The molecule has 0 bridgehead atoms. The van der Waals surface area contributed by atoms with E-state index in [9.17, 15) is 9.59 Å². The molecule has 2 heterocycles. The maximum absolute atomic E-state index is 11.6. The Morgan fingerprint density at radius 3 is 2.89 bits per heavy atom. The fourth-order valence-corrected chi connectivity index (χ4v) is 1.41. The Kier molecular flexibility index (Phi) is 3.09. The highest BCUT2D eigenvalue weighted by atomic mass is 16.4. The van der Waals surface area contributed by atoms with Gasteiger partial charge in [-0.2, -0.15) is 0 Å². The lowest BCUT2D eigenvalue weighted by Gasteiger charge is -2.04. The van der Waals surface area contributed by atoms with E-state index in [2.05, 4.69) is 15.5 Å². The van der Waals surface area contributed by atoms with Gasteiger partial charge in [0.05, 0.1) is 0 Å². The molecule has 0 radical (unpaired) electrons. The Labute approximate surface area is 101 Å². The molecule has 8 nitrogen and oxygen atoms in total. The molecule has 0 aliphatic heterocycles. The molecule has 94 valence electrons. The van der Waals surface area contributed by atoms with Crippen LogP contribution in [-0.4, -0.2) is 31.7 Å². The topological polar surface area (TPSA) is 110 Å². The van der Waals surface area contributed by atoms with Gasteiger partial charge in [0, 0.05) is 13.1 Å². The van der Waals surface area contributed by atoms with Gasteiger partial charge >= 0.3 is 12.0 Å². The van der Waals surface area contributed by atoms with Crippen molar-refractivity contribution in [2.24, 2.45) is 0 Å². The third kappa shape index (κ3) is 2.54. The number of aromatic carboxylic acids is 1. The summed E-state index contributed by atoms with van der Waals surface area (Å²) >= 11 is 0. The van der Waals surface area contributed by atoms with Gasteiger partial charge < -0.3 is 14.1 Å². The molecule has 0 unspecified atom stereocenters. The highest BCUT2D eigenvalue weighted by molar-refractivity contribution is 5.90. The summed E-state index contributed by atoms with van der Waals surface area (Å²) in [5.74, 6) is -1.21. The van der Waals surface area contributed by atoms with Crippen molar-refractivity contribution < 1.29 is 19.1 Å². The molecule has 2 rings (SSSR count). The first-order valence-corrected chi connectivity index (χ1v) is 5.04. The van der Waals surface area contributed by atoms with Crippen LogP contribution in [0.1, 0.15) is 16.4 Å². The zero-order valence-corrected chi connectivity index (χ0v) is 9.45. The van der Waals surface area contributed by atoms with Crippen molar-refractivity contribution in [3.63, 3.8) is 0 Å². The fraction of sp³-hybridized carbons (Fsp3) is 0.200. The summed E-state index contributed by atoms with van der Waals surface area (Å²) in [4.78, 5) is 22.4. The summed E-state index contributed by atoms with van der Waals surface area (Å²) in [5.41, 5.74) is 0.0341. The van der Waals surface area contributed by atoms with E-state index in [0.717, 1.165) is 0 Å². The minimum absolute atomic E-state index is 0.0125. The van der Waals surface area contributed by atoms with Gasteiger partial charge in [0.2, 0.25) is 11.8 Å². The number of carboxylic acid groups (broad SMARTS) is 1. The third-order valence-corrected chi connectivity index (χ3v) is 2.13. The molecule has 0 saturated heterocycles. The summed E-state index contributed by atoms with van der Waals surface area (Å²) in [6, 6.07) is 2.95. The van der Waals surface area contributed by atoms with E-state index in [4.69, 9.17) is 9.52 Å². The molecule has 18 heavy (non-hydrogen) atoms. The molecule has 8 heteroatoms. The number of hydrogen-bond donors (Lipinski definition) is 2. The highest BCUT2D eigenvalue weighted by Gasteiger charge is 2.13. The number of hydrogen-bond acceptors (Lipinski definition) is 5. The van der Waals surface area contributed by atoms with E-state index in [1.165, 1.54) is 16.8 Å². The highest BCUT2D eigenvalue weighted by Crippen LogP contribution is 2.06. The number of aromatic nitrogens is 3. The molecule has 0 atom stereocenters. The van der Waals surface area contributed by atoms with Crippen molar-refractivity contribution in [2.45, 2.75) is 13.5 Å². The normalized spacial score (nSPS) is 10.3. The van der Waals surface area contributed by atoms with Gasteiger partial charge in [-0.15, -0.1) is 5.10 Å². The van der Waals surface area contributed by atoms with Crippen molar-refractivity contribution in [1.82, 2.24) is 14.8 Å². The zero-order valence-electron chi connectivity index (χ0n) is 9.45. The lowest BCUT2D eigenvalue weighted by molar-refractivity contribution is -0.116. The van der Waals surface area contributed by atoms with Gasteiger partial charge in [-0.1, -0.05) is 5.10 Å². The molecule has 0 spiro atoms. The van der Waals surface area contributed by atoms with Crippen molar-refractivity contribution in [2.75, 3.05) is 5.32 Å². The molecule has 1 amide bonds. The molecule has 0 fully saturated rings. The largest absolute Gasteiger partial charge is 0.477 e. The number of amides is 1. The minimum atomic E-state index is -1.10. The van der Waals surface area contributed by atoms with E-state index in [-0.39, 0.29) is 18.3 Å². The fourth-order valence-electron chi connectivity index (χ4n) is 1.41. The maximum Gasteiger partial charge on any atom is 0.352 e. The lowest BCUT2D eigenvalue weighted by atomic mass is 10.4. The van der Waals surface area contributed by atoms with Crippen LogP contribution in [0.5, 0.6) is 0 Å². The van der Waals surface area contributed by atoms with Crippen LogP contribution in [0, 0.1) is 6.92 Å². The quantitative estimate of drug-likeness (QED) is 0.818. The summed E-state index contributed by atoms with van der Waals surface area (Å²) in [7, 11) is 0. The Morgan fingerprint density at radius 2 is 2.28 bits per heavy atom. The number of carbonyl (C=O) groups excluding carboxylic acids is 1.